The zero-order valence-corrected chi connectivity index (χ0v) is 20.3. The first-order valence-corrected chi connectivity index (χ1v) is 12.5. The average Bonchev–Trinajstić information content (AvgIpc) is 2.64. The number of nitrogens with one attached hydrogen (secondary N) is 1. The minimum Gasteiger partial charge on any atom is -0.481 e. The van der Waals surface area contributed by atoms with Crippen molar-refractivity contribution in [3.05, 3.63) is 0 Å². The molecule has 0 heterocycles. The monoisotopic (exact) mass is 524 g/mol. The van der Waals surface area contributed by atoms with Gasteiger partial charge in [0.1, 0.15) is 23.6 Å². The number of ether oxygens (including phenoxy) is 2. The van der Waals surface area contributed by atoms with Crippen LogP contribution in [0, 0.1) is 0 Å². The highest BCUT2D eigenvalue weighted by Gasteiger charge is 2.26. The molecule has 0 unspecified atom stereocenters. The Morgan fingerprint density at radius 2 is 1.27 bits per heavy atom. The van der Waals surface area contributed by atoms with E-state index >= 15 is 0 Å². The van der Waals surface area contributed by atoms with Gasteiger partial charge >= 0.3 is 17.9 Å². The van der Waals surface area contributed by atoms with Crippen molar-refractivity contribution in [2.75, 3.05) is 25.7 Å². The minimum absolute atomic E-state index is 0.166. The number of hydrogen-bond donors (Lipinski definition) is 5. The Morgan fingerprint density at radius 3 is 1.55 bits per heavy atom. The van der Waals surface area contributed by atoms with Crippen LogP contribution in [0.5, 0.6) is 0 Å². The number of rotatable bonds is 11. The SMILES string of the molecule is CCCC(=O)N[C@H](CS(=O)(=O)O)C(=O)OC.CCCC(=O)O.COC(=O)[C@H](N)CS(=O)(=O)O. The topological polar surface area (TPSA) is 254 Å². The molecule has 0 aromatic carbocycles. The van der Waals surface area contributed by atoms with E-state index in [4.69, 9.17) is 19.9 Å². The van der Waals surface area contributed by atoms with Crippen molar-refractivity contribution in [2.45, 2.75) is 51.6 Å². The Labute approximate surface area is 192 Å². The van der Waals surface area contributed by atoms with Crippen molar-refractivity contribution in [1.29, 1.82) is 0 Å². The van der Waals surface area contributed by atoms with Gasteiger partial charge in [0, 0.05) is 12.8 Å². The molecule has 0 saturated heterocycles. The molecular weight excluding hydrogens is 492 g/mol. The van der Waals surface area contributed by atoms with Gasteiger partial charge < -0.3 is 25.6 Å². The maximum Gasteiger partial charge on any atom is 0.329 e. The molecule has 2 atom stereocenters. The molecule has 6 N–H and O–H groups in total. The van der Waals surface area contributed by atoms with E-state index in [0.29, 0.717) is 12.8 Å². The van der Waals surface area contributed by atoms with Crippen LogP contribution in [0.4, 0.5) is 0 Å². The summed E-state index contributed by atoms with van der Waals surface area (Å²) in [4.78, 5) is 42.3. The largest absolute Gasteiger partial charge is 0.481 e. The molecule has 196 valence electrons. The van der Waals surface area contributed by atoms with E-state index in [9.17, 15) is 36.0 Å². The van der Waals surface area contributed by atoms with E-state index in [2.05, 4.69) is 14.8 Å². The molecule has 0 aliphatic carbocycles. The molecule has 1 amide bonds. The van der Waals surface area contributed by atoms with Crippen LogP contribution in [0.15, 0.2) is 0 Å². The van der Waals surface area contributed by atoms with Gasteiger partial charge in [-0.25, -0.2) is 4.79 Å². The summed E-state index contributed by atoms with van der Waals surface area (Å²) >= 11 is 0. The fourth-order valence-electron chi connectivity index (χ4n) is 1.68. The predicted molar refractivity (Wildman–Crippen MR) is 114 cm³/mol. The predicted octanol–water partition coefficient (Wildman–Crippen LogP) is -1.42. The molecule has 0 rings (SSSR count). The van der Waals surface area contributed by atoms with Crippen molar-refractivity contribution in [3.63, 3.8) is 0 Å². The van der Waals surface area contributed by atoms with Crippen LogP contribution in [-0.2, 0) is 48.9 Å². The molecular formula is C16H32N2O13S2. The number of carbonyl (C=O) groups is 4. The van der Waals surface area contributed by atoms with E-state index < -0.39 is 67.6 Å². The second-order valence-corrected chi connectivity index (χ2v) is 9.16. The van der Waals surface area contributed by atoms with E-state index in [1.165, 1.54) is 0 Å². The summed E-state index contributed by atoms with van der Waals surface area (Å²) in [7, 11) is -6.42. The first-order valence-electron chi connectivity index (χ1n) is 9.26. The third kappa shape index (κ3) is 25.8. The number of carboxylic acids is 1. The molecule has 0 aliphatic rings. The summed E-state index contributed by atoms with van der Waals surface area (Å²) in [5, 5.41) is 10.1. The summed E-state index contributed by atoms with van der Waals surface area (Å²) in [5.74, 6) is -4.68. The summed E-state index contributed by atoms with van der Waals surface area (Å²) in [5.41, 5.74) is 5.00. The molecule has 0 spiro atoms. The second kappa shape index (κ2) is 18.1. The Bertz CT molecular complexity index is 825. The molecule has 0 radical (unpaired) electrons. The molecule has 0 fully saturated rings. The van der Waals surface area contributed by atoms with Crippen LogP contribution >= 0.6 is 0 Å². The molecule has 0 aliphatic heterocycles. The van der Waals surface area contributed by atoms with Gasteiger partial charge in [-0.1, -0.05) is 13.8 Å². The van der Waals surface area contributed by atoms with Crippen molar-refractivity contribution >= 4 is 44.1 Å². The first-order chi connectivity index (χ1) is 14.9. The van der Waals surface area contributed by atoms with Gasteiger partial charge in [-0.3, -0.25) is 23.5 Å². The lowest BCUT2D eigenvalue weighted by Crippen LogP contribution is -2.45. The number of hydrogen-bond acceptors (Lipinski definition) is 11. The van der Waals surface area contributed by atoms with Gasteiger partial charge in [-0.2, -0.15) is 16.8 Å². The van der Waals surface area contributed by atoms with Gasteiger partial charge in [0.15, 0.2) is 0 Å². The maximum absolute atomic E-state index is 11.2. The van der Waals surface area contributed by atoms with E-state index in [0.717, 1.165) is 20.6 Å². The molecule has 15 nitrogen and oxygen atoms in total. The number of methoxy groups -OCH3 is 2. The molecule has 33 heavy (non-hydrogen) atoms. The lowest BCUT2D eigenvalue weighted by Gasteiger charge is -2.14. The summed E-state index contributed by atoms with van der Waals surface area (Å²) in [6.45, 7) is 3.60. The lowest BCUT2D eigenvalue weighted by molar-refractivity contribution is -0.144. The normalized spacial score (nSPS) is 12.5. The summed E-state index contributed by atoms with van der Waals surface area (Å²) < 4.78 is 66.7. The third-order valence-electron chi connectivity index (χ3n) is 3.03. The van der Waals surface area contributed by atoms with Crippen LogP contribution in [-0.4, -0.2) is 92.7 Å². The number of nitrogens with two attached hydrogens (primary N) is 1. The Morgan fingerprint density at radius 1 is 0.848 bits per heavy atom. The van der Waals surface area contributed by atoms with Gasteiger partial charge in [-0.05, 0) is 12.8 Å². The average molecular weight is 525 g/mol. The number of esters is 2. The molecule has 0 aromatic heterocycles. The maximum atomic E-state index is 11.2. The quantitative estimate of drug-likeness (QED) is 0.153. The van der Waals surface area contributed by atoms with E-state index in [1.54, 1.807) is 6.92 Å². The van der Waals surface area contributed by atoms with Crippen LogP contribution in [0.25, 0.3) is 0 Å². The van der Waals surface area contributed by atoms with Gasteiger partial charge in [0.2, 0.25) is 5.91 Å². The fourth-order valence-corrected chi connectivity index (χ4v) is 2.91. The van der Waals surface area contributed by atoms with Crippen molar-refractivity contribution in [1.82, 2.24) is 5.32 Å². The highest BCUT2D eigenvalue weighted by atomic mass is 32.2. The van der Waals surface area contributed by atoms with Crippen LogP contribution < -0.4 is 11.1 Å². The highest BCUT2D eigenvalue weighted by Crippen LogP contribution is 1.96. The zero-order chi connectivity index (χ0) is 26.8. The van der Waals surface area contributed by atoms with Crippen LogP contribution in [0.3, 0.4) is 0 Å². The van der Waals surface area contributed by atoms with Crippen molar-refractivity contribution < 1.29 is 59.7 Å². The third-order valence-corrected chi connectivity index (χ3v) is 4.57. The van der Waals surface area contributed by atoms with Crippen LogP contribution in [0.2, 0.25) is 0 Å². The summed E-state index contributed by atoms with van der Waals surface area (Å²) in [6.07, 6.45) is 1.75. The minimum atomic E-state index is -4.35. The van der Waals surface area contributed by atoms with Gasteiger partial charge in [-0.15, -0.1) is 0 Å². The number of aliphatic carboxylic acids is 1. The lowest BCUT2D eigenvalue weighted by atomic mass is 10.3. The fraction of sp³-hybridized carbons (Fsp3) is 0.750. The smallest absolute Gasteiger partial charge is 0.329 e. The number of carboxylic acid groups (broad SMARTS) is 1. The Hall–Kier alpha value is -2.34. The number of amides is 1. The molecule has 17 heteroatoms. The number of carbonyl (C=O) groups excluding carboxylic acids is 3. The highest BCUT2D eigenvalue weighted by molar-refractivity contribution is 7.86. The molecule has 0 aromatic rings. The molecule has 0 bridgehead atoms. The standard InChI is InChI=1S/C8H15NO6S.C4H9NO5S.C4H8O2/c1-3-4-7(10)9-6(8(11)15-2)5-16(12,13)14;1-10-4(6)3(5)2-11(7,8)9;1-2-3-4(5)6/h6H,3-5H2,1-2H3,(H,9,10)(H,12,13,14);3H,2,5H2,1H3,(H,7,8,9);2-3H2,1H3,(H,5,6)/t6-;3-;/m11./s1. The van der Waals surface area contributed by atoms with E-state index in [1.807, 2.05) is 6.92 Å². The molecule has 0 saturated carbocycles. The summed E-state index contributed by atoms with van der Waals surface area (Å²) in [6, 6.07) is -2.70. The van der Waals surface area contributed by atoms with Crippen LogP contribution in [0.1, 0.15) is 39.5 Å². The second-order valence-electron chi connectivity index (χ2n) is 6.16. The van der Waals surface area contributed by atoms with E-state index in [-0.39, 0.29) is 6.42 Å². The zero-order valence-electron chi connectivity index (χ0n) is 18.7. The van der Waals surface area contributed by atoms with Crippen molar-refractivity contribution in [2.24, 2.45) is 5.73 Å². The van der Waals surface area contributed by atoms with Gasteiger partial charge in [0.05, 0.1) is 14.2 Å². The first kappa shape index (κ1) is 35.3. The van der Waals surface area contributed by atoms with Crippen molar-refractivity contribution in [3.8, 4) is 0 Å². The Kier molecular flexibility index (Phi) is 19.4. The van der Waals surface area contributed by atoms with Gasteiger partial charge in [0.25, 0.3) is 20.2 Å². The Balaban J connectivity index is -0.000000457.